The highest BCUT2D eigenvalue weighted by molar-refractivity contribution is 7.80. The van der Waals surface area contributed by atoms with E-state index in [1.807, 2.05) is 0 Å². The van der Waals surface area contributed by atoms with E-state index in [1.165, 1.54) is 12.1 Å². The van der Waals surface area contributed by atoms with Crippen molar-refractivity contribution in [3.8, 4) is 0 Å². The first kappa shape index (κ1) is 7.57. The molecule has 0 fully saturated rings. The fraction of sp³-hybridized carbons (Fsp3) is 0.143. The molecule has 1 rings (SSSR count). The molecule has 0 saturated heterocycles. The third-order valence-electron chi connectivity index (χ3n) is 1.21. The number of rotatable bonds is 1. The third kappa shape index (κ3) is 1.72. The molecule has 0 radical (unpaired) electrons. The Morgan fingerprint density at radius 3 is 2.20 bits per heavy atom. The maximum absolute atomic E-state index is 12.3. The average molecular weight is 157 g/mol. The lowest BCUT2D eigenvalue weighted by Crippen LogP contribution is -2.01. The molecule has 0 aliphatic carbocycles. The van der Waals surface area contributed by atoms with Crippen LogP contribution in [-0.2, 0) is 0 Å². The number of hydrogen-bond acceptors (Lipinski definition) is 2. The summed E-state index contributed by atoms with van der Waals surface area (Å²) in [4.78, 5) is 0. The van der Waals surface area contributed by atoms with Crippen molar-refractivity contribution < 1.29 is 4.39 Å². The fourth-order valence-corrected chi connectivity index (χ4v) is 0.832. The third-order valence-corrected chi connectivity index (χ3v) is 1.51. The van der Waals surface area contributed by atoms with Crippen LogP contribution in [-0.4, -0.2) is 0 Å². The zero-order valence-electron chi connectivity index (χ0n) is 5.29. The predicted octanol–water partition coefficient (Wildman–Crippen LogP) is 1.71. The van der Waals surface area contributed by atoms with E-state index >= 15 is 0 Å². The second-order valence-corrected chi connectivity index (χ2v) is 2.55. The van der Waals surface area contributed by atoms with Crippen LogP contribution in [0.2, 0.25) is 0 Å². The Morgan fingerprint density at radius 1 is 1.30 bits per heavy atom. The lowest BCUT2D eigenvalue weighted by Gasteiger charge is -2.02. The van der Waals surface area contributed by atoms with E-state index in [0.29, 0.717) is 0 Å². The van der Waals surface area contributed by atoms with Crippen molar-refractivity contribution in [2.45, 2.75) is 5.37 Å². The molecule has 54 valence electrons. The van der Waals surface area contributed by atoms with Crippen molar-refractivity contribution in [2.24, 2.45) is 5.73 Å². The minimum atomic E-state index is -0.319. The number of benzene rings is 1. The van der Waals surface area contributed by atoms with Crippen molar-refractivity contribution in [3.05, 3.63) is 35.6 Å². The molecule has 0 aliphatic rings. The summed E-state index contributed by atoms with van der Waals surface area (Å²) < 4.78 is 12.3. The lowest BCUT2D eigenvalue weighted by atomic mass is 10.2. The van der Waals surface area contributed by atoms with E-state index in [1.54, 1.807) is 12.1 Å². The van der Waals surface area contributed by atoms with Gasteiger partial charge in [0.15, 0.2) is 0 Å². The summed E-state index contributed by atoms with van der Waals surface area (Å²) in [5.74, 6) is -0.252. The molecule has 0 amide bonds. The Balaban J connectivity index is 2.89. The minimum Gasteiger partial charge on any atom is -0.316 e. The van der Waals surface area contributed by atoms with Gasteiger partial charge in [-0.3, -0.25) is 0 Å². The van der Waals surface area contributed by atoms with Crippen molar-refractivity contribution in [2.75, 3.05) is 0 Å². The molecular formula is C7H8FNS. The lowest BCUT2D eigenvalue weighted by molar-refractivity contribution is 0.627. The van der Waals surface area contributed by atoms with E-state index < -0.39 is 0 Å². The molecule has 0 aliphatic heterocycles. The number of thiol groups is 1. The Bertz CT molecular complexity index is 207. The monoisotopic (exact) mass is 157 g/mol. The van der Waals surface area contributed by atoms with Crippen molar-refractivity contribution >= 4 is 12.6 Å². The minimum absolute atomic E-state index is 0.252. The summed E-state index contributed by atoms with van der Waals surface area (Å²) in [5, 5.41) is -0.319. The first-order valence-electron chi connectivity index (χ1n) is 2.89. The molecule has 1 aromatic carbocycles. The molecule has 0 unspecified atom stereocenters. The molecule has 0 spiro atoms. The van der Waals surface area contributed by atoms with Crippen LogP contribution in [0.15, 0.2) is 24.3 Å². The molecule has 3 heteroatoms. The molecule has 2 N–H and O–H groups in total. The Hall–Kier alpha value is -0.540. The largest absolute Gasteiger partial charge is 0.316 e. The predicted molar refractivity (Wildman–Crippen MR) is 42.3 cm³/mol. The summed E-state index contributed by atoms with van der Waals surface area (Å²) in [6.45, 7) is 0. The summed E-state index contributed by atoms with van der Waals surface area (Å²) in [6, 6.07) is 5.97. The first-order chi connectivity index (χ1) is 4.70. The van der Waals surface area contributed by atoms with Crippen LogP contribution in [0.3, 0.4) is 0 Å². The van der Waals surface area contributed by atoms with Gasteiger partial charge < -0.3 is 5.73 Å². The second-order valence-electron chi connectivity index (χ2n) is 2.00. The molecule has 0 heterocycles. The van der Waals surface area contributed by atoms with E-state index in [0.717, 1.165) is 5.56 Å². The maximum Gasteiger partial charge on any atom is 0.123 e. The second kappa shape index (κ2) is 3.03. The van der Waals surface area contributed by atoms with E-state index in [-0.39, 0.29) is 11.2 Å². The molecule has 10 heavy (non-hydrogen) atoms. The Labute approximate surface area is 64.5 Å². The van der Waals surface area contributed by atoms with Gasteiger partial charge >= 0.3 is 0 Å². The smallest absolute Gasteiger partial charge is 0.123 e. The number of halogens is 1. The molecule has 1 atom stereocenters. The summed E-state index contributed by atoms with van der Waals surface area (Å²) in [6.07, 6.45) is 0. The molecule has 0 aromatic heterocycles. The van der Waals surface area contributed by atoms with Gasteiger partial charge in [-0.2, -0.15) is 12.6 Å². The molecule has 1 nitrogen and oxygen atoms in total. The highest BCUT2D eigenvalue weighted by atomic mass is 32.1. The van der Waals surface area contributed by atoms with Crippen LogP contribution in [0.1, 0.15) is 10.9 Å². The fourth-order valence-electron chi connectivity index (χ4n) is 0.660. The average Bonchev–Trinajstić information content (AvgIpc) is 1.88. The van der Waals surface area contributed by atoms with Gasteiger partial charge in [0.05, 0.1) is 5.37 Å². The van der Waals surface area contributed by atoms with Crippen molar-refractivity contribution in [1.29, 1.82) is 0 Å². The van der Waals surface area contributed by atoms with Crippen LogP contribution < -0.4 is 5.73 Å². The zero-order chi connectivity index (χ0) is 7.56. The van der Waals surface area contributed by atoms with Crippen molar-refractivity contribution in [1.82, 2.24) is 0 Å². The van der Waals surface area contributed by atoms with Gasteiger partial charge in [0.2, 0.25) is 0 Å². The van der Waals surface area contributed by atoms with Gasteiger partial charge in [-0.05, 0) is 17.7 Å². The summed E-state index contributed by atoms with van der Waals surface area (Å²) in [7, 11) is 0. The molecule has 0 bridgehead atoms. The van der Waals surface area contributed by atoms with Crippen LogP contribution in [0, 0.1) is 5.82 Å². The standard InChI is InChI=1S/C7H8FNS/c8-6-3-1-5(2-4-6)7(9)10/h1-4,7,10H,9H2/t7-/m0/s1. The normalized spacial score (nSPS) is 13.1. The summed E-state index contributed by atoms with van der Waals surface area (Å²) >= 11 is 3.98. The van der Waals surface area contributed by atoms with Gasteiger partial charge in [-0.1, -0.05) is 12.1 Å². The van der Waals surface area contributed by atoms with Crippen LogP contribution in [0.25, 0.3) is 0 Å². The molecule has 1 aromatic rings. The van der Waals surface area contributed by atoms with Gasteiger partial charge in [-0.15, -0.1) is 0 Å². The van der Waals surface area contributed by atoms with Crippen LogP contribution in [0.5, 0.6) is 0 Å². The summed E-state index contributed by atoms with van der Waals surface area (Å²) in [5.41, 5.74) is 6.23. The van der Waals surface area contributed by atoms with E-state index in [2.05, 4.69) is 12.6 Å². The Morgan fingerprint density at radius 2 is 1.80 bits per heavy atom. The van der Waals surface area contributed by atoms with E-state index in [9.17, 15) is 4.39 Å². The maximum atomic E-state index is 12.3. The number of hydrogen-bond donors (Lipinski definition) is 2. The van der Waals surface area contributed by atoms with Crippen LogP contribution in [0.4, 0.5) is 4.39 Å². The van der Waals surface area contributed by atoms with Crippen LogP contribution >= 0.6 is 12.6 Å². The quantitative estimate of drug-likeness (QED) is 0.471. The highest BCUT2D eigenvalue weighted by Crippen LogP contribution is 2.13. The highest BCUT2D eigenvalue weighted by Gasteiger charge is 1.97. The SMILES string of the molecule is N[C@@H](S)c1ccc(F)cc1. The van der Waals surface area contributed by atoms with Crippen molar-refractivity contribution in [3.63, 3.8) is 0 Å². The first-order valence-corrected chi connectivity index (χ1v) is 3.41. The van der Waals surface area contributed by atoms with Gasteiger partial charge in [0.1, 0.15) is 5.82 Å². The van der Waals surface area contributed by atoms with Gasteiger partial charge in [0, 0.05) is 0 Å². The number of nitrogens with two attached hydrogens (primary N) is 1. The topological polar surface area (TPSA) is 26.0 Å². The van der Waals surface area contributed by atoms with Gasteiger partial charge in [-0.25, -0.2) is 4.39 Å². The Kier molecular flexibility index (Phi) is 2.29. The van der Waals surface area contributed by atoms with E-state index in [4.69, 9.17) is 5.73 Å². The van der Waals surface area contributed by atoms with Gasteiger partial charge in [0.25, 0.3) is 0 Å². The molecular weight excluding hydrogens is 149 g/mol. The molecule has 0 saturated carbocycles. The zero-order valence-corrected chi connectivity index (χ0v) is 6.18.